The SMILES string of the molecule is CC1(C)C[C@H](C2(CCC#N)N3CC4(C)CN2CC(C)(C3)C4=O)CCO1. The van der Waals surface area contributed by atoms with Crippen molar-refractivity contribution in [3.05, 3.63) is 0 Å². The van der Waals surface area contributed by atoms with Crippen molar-refractivity contribution in [3.63, 3.8) is 0 Å². The normalized spacial score (nSPS) is 50.7. The average molecular weight is 345 g/mol. The number of ketones is 1. The molecule has 5 nitrogen and oxygen atoms in total. The number of rotatable bonds is 3. The van der Waals surface area contributed by atoms with Gasteiger partial charge in [-0.2, -0.15) is 5.26 Å². The largest absolute Gasteiger partial charge is 0.376 e. The third-order valence-electron chi connectivity index (χ3n) is 7.31. The van der Waals surface area contributed by atoms with E-state index >= 15 is 0 Å². The summed E-state index contributed by atoms with van der Waals surface area (Å²) in [5.41, 5.74) is -0.677. The van der Waals surface area contributed by atoms with E-state index in [0.717, 1.165) is 52.0 Å². The zero-order valence-electron chi connectivity index (χ0n) is 16.1. The summed E-state index contributed by atoms with van der Waals surface area (Å²) in [4.78, 5) is 18.2. The van der Waals surface area contributed by atoms with Crippen molar-refractivity contribution in [2.24, 2.45) is 16.7 Å². The monoisotopic (exact) mass is 345 g/mol. The number of carbonyl (C=O) groups excluding carboxylic acids is 1. The van der Waals surface area contributed by atoms with Crippen LogP contribution < -0.4 is 0 Å². The average Bonchev–Trinajstić information content (AvgIpc) is 2.50. The molecular formula is C20H31N3O2. The zero-order chi connectivity index (χ0) is 18.1. The summed E-state index contributed by atoms with van der Waals surface area (Å²) in [6, 6.07) is 2.39. The van der Waals surface area contributed by atoms with Crippen LogP contribution >= 0.6 is 0 Å². The minimum Gasteiger partial charge on any atom is -0.376 e. The number of hydrogen-bond donors (Lipinski definition) is 0. The molecule has 0 unspecified atom stereocenters. The van der Waals surface area contributed by atoms with Gasteiger partial charge in [-0.3, -0.25) is 14.6 Å². The van der Waals surface area contributed by atoms with Gasteiger partial charge in [-0.15, -0.1) is 0 Å². The molecule has 0 aliphatic carbocycles. The Morgan fingerprint density at radius 3 is 2.16 bits per heavy atom. The van der Waals surface area contributed by atoms with Gasteiger partial charge in [0.2, 0.25) is 0 Å². The fourth-order valence-corrected chi connectivity index (χ4v) is 6.56. The second-order valence-electron chi connectivity index (χ2n) is 10.00. The summed E-state index contributed by atoms with van der Waals surface area (Å²) in [5.74, 6) is 0.945. The molecular weight excluding hydrogens is 314 g/mol. The Labute approximate surface area is 151 Å². The highest BCUT2D eigenvalue weighted by molar-refractivity contribution is 5.92. The predicted octanol–water partition coefficient (Wildman–Crippen LogP) is 2.42. The summed E-state index contributed by atoms with van der Waals surface area (Å²) in [6.45, 7) is 12.8. The molecule has 0 aromatic heterocycles. The summed E-state index contributed by atoms with van der Waals surface area (Å²) < 4.78 is 5.99. The van der Waals surface area contributed by atoms with Crippen LogP contribution in [0.3, 0.4) is 0 Å². The Balaban J connectivity index is 1.74. The van der Waals surface area contributed by atoms with Crippen LogP contribution in [-0.4, -0.2) is 59.6 Å². The first-order valence-electron chi connectivity index (χ1n) is 9.71. The van der Waals surface area contributed by atoms with Crippen LogP contribution in [0.15, 0.2) is 0 Å². The molecule has 5 aliphatic heterocycles. The lowest BCUT2D eigenvalue weighted by Gasteiger charge is -2.72. The summed E-state index contributed by atoms with van der Waals surface area (Å²) >= 11 is 0. The van der Waals surface area contributed by atoms with E-state index in [9.17, 15) is 10.1 Å². The van der Waals surface area contributed by atoms with Gasteiger partial charge in [0.05, 0.1) is 28.2 Å². The minimum absolute atomic E-state index is 0.0729. The van der Waals surface area contributed by atoms with E-state index in [0.29, 0.717) is 18.1 Å². The van der Waals surface area contributed by atoms with E-state index in [1.54, 1.807) is 0 Å². The Kier molecular flexibility index (Phi) is 3.69. The number of ether oxygens (including phenoxy) is 1. The molecule has 5 saturated heterocycles. The highest BCUT2D eigenvalue weighted by atomic mass is 16.5. The third kappa shape index (κ3) is 2.34. The molecule has 1 atom stereocenters. The van der Waals surface area contributed by atoms with Gasteiger partial charge in [0.25, 0.3) is 0 Å². The lowest BCUT2D eigenvalue weighted by atomic mass is 9.58. The van der Waals surface area contributed by atoms with Gasteiger partial charge in [0.15, 0.2) is 0 Å². The number of Topliss-reactive ketones (excluding diaryl/α,β-unsaturated/α-hetero) is 1. The van der Waals surface area contributed by atoms with E-state index in [-0.39, 0.29) is 22.1 Å². The lowest BCUT2D eigenvalue weighted by molar-refractivity contribution is -0.260. The van der Waals surface area contributed by atoms with Crippen molar-refractivity contribution in [2.45, 2.75) is 64.6 Å². The molecule has 0 spiro atoms. The van der Waals surface area contributed by atoms with Crippen LogP contribution in [0.25, 0.3) is 0 Å². The van der Waals surface area contributed by atoms with Crippen LogP contribution in [0.5, 0.6) is 0 Å². The third-order valence-corrected chi connectivity index (χ3v) is 7.31. The molecule has 25 heavy (non-hydrogen) atoms. The molecule has 0 radical (unpaired) electrons. The highest BCUT2D eigenvalue weighted by Gasteiger charge is 2.68. The van der Waals surface area contributed by atoms with Crippen molar-refractivity contribution in [1.82, 2.24) is 9.80 Å². The molecule has 138 valence electrons. The number of nitrogens with zero attached hydrogens (tertiary/aromatic N) is 3. The second-order valence-corrected chi connectivity index (χ2v) is 10.00. The quantitative estimate of drug-likeness (QED) is 0.786. The maximum atomic E-state index is 13.0. The van der Waals surface area contributed by atoms with E-state index in [2.05, 4.69) is 43.6 Å². The van der Waals surface area contributed by atoms with Crippen LogP contribution in [0.1, 0.15) is 53.4 Å². The van der Waals surface area contributed by atoms with Gasteiger partial charge in [-0.05, 0) is 39.0 Å². The van der Waals surface area contributed by atoms with Crippen molar-refractivity contribution in [3.8, 4) is 6.07 Å². The molecule has 4 bridgehead atoms. The Bertz CT molecular complexity index is 595. The summed E-state index contributed by atoms with van der Waals surface area (Å²) in [6.07, 6.45) is 3.52. The van der Waals surface area contributed by atoms with Crippen molar-refractivity contribution >= 4 is 5.78 Å². The molecule has 5 heterocycles. The van der Waals surface area contributed by atoms with Crippen molar-refractivity contribution in [1.29, 1.82) is 5.26 Å². The van der Waals surface area contributed by atoms with Crippen LogP contribution in [0, 0.1) is 28.1 Å². The van der Waals surface area contributed by atoms with E-state index in [1.807, 2.05) is 0 Å². The smallest absolute Gasteiger partial charge is 0.149 e. The standard InChI is InChI=1S/C20H31N3O2/c1-17(2)10-15(6-9-25-17)20(7-5-8-21)22-11-18(3)12-23(20)14-19(4,13-22)16(18)24/h15H,5-7,9-14H2,1-4H3/t15-,18?,19?,20?/m1/s1. The number of nitriles is 1. The summed E-state index contributed by atoms with van der Waals surface area (Å²) in [5, 5.41) is 9.31. The lowest BCUT2D eigenvalue weighted by Crippen LogP contribution is -2.84. The fraction of sp³-hybridized carbons (Fsp3) is 0.900. The first-order valence-corrected chi connectivity index (χ1v) is 9.71. The Morgan fingerprint density at radius 1 is 1.12 bits per heavy atom. The number of piperidine rings is 2. The molecule has 5 rings (SSSR count). The molecule has 5 heteroatoms. The predicted molar refractivity (Wildman–Crippen MR) is 94.7 cm³/mol. The van der Waals surface area contributed by atoms with Gasteiger partial charge in [0, 0.05) is 39.2 Å². The Morgan fingerprint density at radius 2 is 1.68 bits per heavy atom. The van der Waals surface area contributed by atoms with Crippen LogP contribution in [0.2, 0.25) is 0 Å². The van der Waals surface area contributed by atoms with Crippen LogP contribution in [-0.2, 0) is 9.53 Å². The van der Waals surface area contributed by atoms with Crippen molar-refractivity contribution in [2.75, 3.05) is 32.8 Å². The number of carbonyl (C=O) groups is 1. The molecule has 0 saturated carbocycles. The topological polar surface area (TPSA) is 56.6 Å². The van der Waals surface area contributed by atoms with Gasteiger partial charge in [0.1, 0.15) is 5.78 Å². The maximum Gasteiger partial charge on any atom is 0.149 e. The second kappa shape index (κ2) is 5.28. The van der Waals surface area contributed by atoms with E-state index in [4.69, 9.17) is 4.74 Å². The minimum atomic E-state index is -0.248. The van der Waals surface area contributed by atoms with Gasteiger partial charge >= 0.3 is 0 Å². The van der Waals surface area contributed by atoms with Gasteiger partial charge in [-0.1, -0.05) is 13.8 Å². The molecule has 0 aromatic rings. The first-order chi connectivity index (χ1) is 11.7. The van der Waals surface area contributed by atoms with E-state index in [1.165, 1.54) is 0 Å². The van der Waals surface area contributed by atoms with E-state index < -0.39 is 0 Å². The van der Waals surface area contributed by atoms with Crippen LogP contribution in [0.4, 0.5) is 0 Å². The molecule has 0 aromatic carbocycles. The molecule has 5 aliphatic rings. The Hall–Kier alpha value is -0.960. The maximum absolute atomic E-state index is 13.0. The van der Waals surface area contributed by atoms with Gasteiger partial charge in [-0.25, -0.2) is 0 Å². The van der Waals surface area contributed by atoms with Crippen molar-refractivity contribution < 1.29 is 9.53 Å². The fourth-order valence-electron chi connectivity index (χ4n) is 6.56. The molecule has 0 N–H and O–H groups in total. The summed E-state index contributed by atoms with van der Waals surface area (Å²) in [7, 11) is 0. The van der Waals surface area contributed by atoms with Gasteiger partial charge < -0.3 is 4.74 Å². The zero-order valence-corrected chi connectivity index (χ0v) is 16.1. The first kappa shape index (κ1) is 17.5. The molecule has 0 amide bonds. The highest BCUT2D eigenvalue weighted by Crippen LogP contribution is 2.56. The molecule has 5 fully saturated rings. The number of hydrogen-bond acceptors (Lipinski definition) is 5.